The maximum Gasteiger partial charge on any atom is 0.226 e. The highest BCUT2D eigenvalue weighted by Gasteiger charge is 2.19. The van der Waals surface area contributed by atoms with E-state index in [-0.39, 0.29) is 22.9 Å². The number of aryl methyl sites for hydroxylation is 1. The molecule has 7 heteroatoms. The zero-order valence-electron chi connectivity index (χ0n) is 14.3. The number of ketones is 1. The molecule has 24 heavy (non-hydrogen) atoms. The molecule has 128 valence electrons. The number of benzene rings is 1. The van der Waals surface area contributed by atoms with Gasteiger partial charge in [-0.15, -0.1) is 10.2 Å². The Morgan fingerprint density at radius 1 is 1.21 bits per heavy atom. The summed E-state index contributed by atoms with van der Waals surface area (Å²) in [5.41, 5.74) is 1.30. The smallest absolute Gasteiger partial charge is 0.226 e. The summed E-state index contributed by atoms with van der Waals surface area (Å²) in [6, 6.07) is 6.97. The molecule has 0 saturated heterocycles. The van der Waals surface area contributed by atoms with E-state index in [1.807, 2.05) is 32.3 Å². The third-order valence-corrected chi connectivity index (χ3v) is 4.63. The predicted molar refractivity (Wildman–Crippen MR) is 95.3 cm³/mol. The molecule has 1 heterocycles. The molecule has 1 amide bonds. The van der Waals surface area contributed by atoms with Crippen LogP contribution in [0.3, 0.4) is 0 Å². The van der Waals surface area contributed by atoms with Gasteiger partial charge in [0.15, 0.2) is 10.9 Å². The summed E-state index contributed by atoms with van der Waals surface area (Å²) in [5.74, 6) is -0.108. The molecule has 0 bridgehead atoms. The first-order valence-corrected chi connectivity index (χ1v) is 8.80. The molecule has 0 radical (unpaired) electrons. The molecule has 1 aromatic heterocycles. The van der Waals surface area contributed by atoms with Gasteiger partial charge in [-0.3, -0.25) is 9.59 Å². The molecule has 0 saturated carbocycles. The molecule has 6 nitrogen and oxygen atoms in total. The highest BCUT2D eigenvalue weighted by molar-refractivity contribution is 8.00. The lowest BCUT2D eigenvalue weighted by Gasteiger charge is -2.11. The van der Waals surface area contributed by atoms with Crippen LogP contribution in [0, 0.1) is 5.92 Å². The minimum atomic E-state index is -0.268. The number of carbonyl (C=O) groups is 2. The summed E-state index contributed by atoms with van der Waals surface area (Å²) in [6.45, 7) is 8.29. The fourth-order valence-corrected chi connectivity index (χ4v) is 2.97. The van der Waals surface area contributed by atoms with Crippen molar-refractivity contribution in [2.45, 2.75) is 44.6 Å². The fourth-order valence-electron chi connectivity index (χ4n) is 2.00. The van der Waals surface area contributed by atoms with Crippen LogP contribution in [0.1, 0.15) is 38.1 Å². The molecule has 1 N–H and O–H groups in total. The first kappa shape index (κ1) is 18.2. The van der Waals surface area contributed by atoms with Crippen molar-refractivity contribution in [1.29, 1.82) is 0 Å². The van der Waals surface area contributed by atoms with Gasteiger partial charge in [0.2, 0.25) is 5.91 Å². The monoisotopic (exact) mass is 346 g/mol. The number of nitrogens with zero attached hydrogens (tertiary/aromatic N) is 3. The first-order chi connectivity index (χ1) is 11.4. The lowest BCUT2D eigenvalue weighted by Crippen LogP contribution is -2.18. The first-order valence-electron chi connectivity index (χ1n) is 7.92. The molecule has 0 aliphatic carbocycles. The van der Waals surface area contributed by atoms with Crippen molar-refractivity contribution < 1.29 is 9.59 Å². The standard InChI is InChI=1S/C17H22N4O2S/c1-5-21-10-18-20-17(21)24-12(4)15(22)13-6-8-14(9-7-13)19-16(23)11(2)3/h6-12H,5H2,1-4H3,(H,19,23). The lowest BCUT2D eigenvalue weighted by molar-refractivity contribution is -0.118. The van der Waals surface area contributed by atoms with Crippen molar-refractivity contribution in [2.75, 3.05) is 5.32 Å². The Morgan fingerprint density at radius 2 is 1.88 bits per heavy atom. The SMILES string of the molecule is CCn1cnnc1SC(C)C(=O)c1ccc(NC(=O)C(C)C)cc1. The Labute approximate surface area is 146 Å². The molecule has 1 atom stereocenters. The summed E-state index contributed by atoms with van der Waals surface area (Å²) in [4.78, 5) is 24.2. The van der Waals surface area contributed by atoms with E-state index in [2.05, 4.69) is 15.5 Å². The van der Waals surface area contributed by atoms with Crippen LogP contribution in [-0.2, 0) is 11.3 Å². The minimum Gasteiger partial charge on any atom is -0.326 e. The van der Waals surface area contributed by atoms with E-state index in [0.717, 1.165) is 11.7 Å². The van der Waals surface area contributed by atoms with E-state index in [1.54, 1.807) is 30.6 Å². The molecule has 1 aromatic carbocycles. The van der Waals surface area contributed by atoms with Crippen molar-refractivity contribution in [3.05, 3.63) is 36.2 Å². The zero-order valence-corrected chi connectivity index (χ0v) is 15.1. The van der Waals surface area contributed by atoms with Crippen LogP contribution in [0.2, 0.25) is 0 Å². The molecule has 2 aromatic rings. The topological polar surface area (TPSA) is 76.9 Å². The minimum absolute atomic E-state index is 0.0207. The average molecular weight is 346 g/mol. The Balaban J connectivity index is 2.02. The molecular weight excluding hydrogens is 324 g/mol. The molecule has 2 rings (SSSR count). The van der Waals surface area contributed by atoms with Gasteiger partial charge in [-0.1, -0.05) is 25.6 Å². The van der Waals surface area contributed by atoms with E-state index in [1.165, 1.54) is 11.8 Å². The average Bonchev–Trinajstić information content (AvgIpc) is 3.01. The number of hydrogen-bond donors (Lipinski definition) is 1. The van der Waals surface area contributed by atoms with Gasteiger partial charge in [-0.05, 0) is 38.1 Å². The van der Waals surface area contributed by atoms with Crippen LogP contribution in [0.4, 0.5) is 5.69 Å². The number of carbonyl (C=O) groups excluding carboxylic acids is 2. The molecular formula is C17H22N4O2S. The number of hydrogen-bond acceptors (Lipinski definition) is 5. The van der Waals surface area contributed by atoms with E-state index >= 15 is 0 Å². The second-order valence-corrected chi connectivity index (χ2v) is 7.05. The number of amides is 1. The van der Waals surface area contributed by atoms with Gasteiger partial charge in [0.1, 0.15) is 6.33 Å². The van der Waals surface area contributed by atoms with Crippen LogP contribution in [0.25, 0.3) is 0 Å². The zero-order chi connectivity index (χ0) is 17.7. The second kappa shape index (κ2) is 8.10. The van der Waals surface area contributed by atoms with E-state index < -0.39 is 0 Å². The molecule has 0 aliphatic heterocycles. The van der Waals surface area contributed by atoms with Crippen molar-refractivity contribution in [1.82, 2.24) is 14.8 Å². The van der Waals surface area contributed by atoms with Crippen molar-refractivity contribution in [3.8, 4) is 0 Å². The van der Waals surface area contributed by atoms with Crippen LogP contribution < -0.4 is 5.32 Å². The van der Waals surface area contributed by atoms with Crippen LogP contribution in [-0.4, -0.2) is 31.7 Å². The maximum absolute atomic E-state index is 12.5. The summed E-state index contributed by atoms with van der Waals surface area (Å²) in [6.07, 6.45) is 1.66. The van der Waals surface area contributed by atoms with E-state index in [9.17, 15) is 9.59 Å². The third-order valence-electron chi connectivity index (χ3n) is 3.53. The lowest BCUT2D eigenvalue weighted by atomic mass is 10.1. The number of rotatable bonds is 7. The van der Waals surface area contributed by atoms with Gasteiger partial charge >= 0.3 is 0 Å². The number of nitrogens with one attached hydrogen (secondary N) is 1. The van der Waals surface area contributed by atoms with Gasteiger partial charge in [-0.2, -0.15) is 0 Å². The summed E-state index contributed by atoms with van der Waals surface area (Å²) in [5, 5.41) is 11.2. The van der Waals surface area contributed by atoms with Crippen LogP contribution >= 0.6 is 11.8 Å². The molecule has 1 unspecified atom stereocenters. The fraction of sp³-hybridized carbons (Fsp3) is 0.412. The van der Waals surface area contributed by atoms with Crippen molar-refractivity contribution >= 4 is 29.1 Å². The van der Waals surface area contributed by atoms with Crippen LogP contribution in [0.5, 0.6) is 0 Å². The van der Waals surface area contributed by atoms with Crippen molar-refractivity contribution in [2.24, 2.45) is 5.92 Å². The number of thioether (sulfide) groups is 1. The summed E-state index contributed by atoms with van der Waals surface area (Å²) >= 11 is 1.39. The van der Waals surface area contributed by atoms with Gasteiger partial charge in [0, 0.05) is 23.7 Å². The third kappa shape index (κ3) is 4.44. The number of anilines is 1. The quantitative estimate of drug-likeness (QED) is 0.615. The van der Waals surface area contributed by atoms with Crippen molar-refractivity contribution in [3.63, 3.8) is 0 Å². The Hall–Kier alpha value is -2.15. The van der Waals surface area contributed by atoms with Crippen LogP contribution in [0.15, 0.2) is 35.7 Å². The van der Waals surface area contributed by atoms with Gasteiger partial charge < -0.3 is 9.88 Å². The molecule has 0 fully saturated rings. The second-order valence-electron chi connectivity index (χ2n) is 5.75. The maximum atomic E-state index is 12.5. The predicted octanol–water partition coefficient (Wildman–Crippen LogP) is 3.26. The highest BCUT2D eigenvalue weighted by atomic mass is 32.2. The van der Waals surface area contributed by atoms with Gasteiger partial charge in [0.25, 0.3) is 0 Å². The largest absolute Gasteiger partial charge is 0.326 e. The Morgan fingerprint density at radius 3 is 2.46 bits per heavy atom. The van der Waals surface area contributed by atoms with Gasteiger partial charge in [0.05, 0.1) is 5.25 Å². The molecule has 0 aliphatic rings. The Kier molecular flexibility index (Phi) is 6.14. The number of aromatic nitrogens is 3. The van der Waals surface area contributed by atoms with E-state index in [0.29, 0.717) is 11.3 Å². The normalized spacial score (nSPS) is 12.2. The number of Topliss-reactive ketones (excluding diaryl/α,β-unsaturated/α-hetero) is 1. The molecule has 0 spiro atoms. The summed E-state index contributed by atoms with van der Waals surface area (Å²) < 4.78 is 1.90. The van der Waals surface area contributed by atoms with E-state index in [4.69, 9.17) is 0 Å². The summed E-state index contributed by atoms with van der Waals surface area (Å²) in [7, 11) is 0. The van der Waals surface area contributed by atoms with Gasteiger partial charge in [-0.25, -0.2) is 0 Å². The highest BCUT2D eigenvalue weighted by Crippen LogP contribution is 2.24. The Bertz CT molecular complexity index is 710.